The Kier molecular flexibility index (Phi) is 4.25. The van der Waals surface area contributed by atoms with Gasteiger partial charge in [-0.1, -0.05) is 0 Å². The van der Waals surface area contributed by atoms with Crippen LogP contribution >= 0.6 is 23.5 Å². The Labute approximate surface area is 80.9 Å². The van der Waals surface area contributed by atoms with Crippen molar-refractivity contribution in [2.24, 2.45) is 0 Å². The Hall–Kier alpha value is 0.130. The lowest BCUT2D eigenvalue weighted by Gasteiger charge is -2.22. The van der Waals surface area contributed by atoms with E-state index in [-0.39, 0.29) is 6.04 Å². The molecule has 1 unspecified atom stereocenters. The number of carboxylic acids is 1. The summed E-state index contributed by atoms with van der Waals surface area (Å²) < 4.78 is 0. The highest BCUT2D eigenvalue weighted by Crippen LogP contribution is 2.18. The lowest BCUT2D eigenvalue weighted by atomic mass is 10.3. The van der Waals surface area contributed by atoms with Gasteiger partial charge in [0.15, 0.2) is 0 Å². The number of aliphatic carboxylic acids is 1. The van der Waals surface area contributed by atoms with Crippen molar-refractivity contribution in [3.8, 4) is 0 Å². The van der Waals surface area contributed by atoms with Crippen LogP contribution in [0.15, 0.2) is 0 Å². The van der Waals surface area contributed by atoms with Gasteiger partial charge in [-0.05, 0) is 6.92 Å². The van der Waals surface area contributed by atoms with Crippen LogP contribution in [0.4, 0.5) is 0 Å². The van der Waals surface area contributed by atoms with Crippen molar-refractivity contribution in [1.82, 2.24) is 4.90 Å². The Bertz CT molecular complexity index is 157. The van der Waals surface area contributed by atoms with Gasteiger partial charge in [0.2, 0.25) is 0 Å². The monoisotopic (exact) mass is 207 g/mol. The highest BCUT2D eigenvalue weighted by Gasteiger charge is 2.21. The summed E-state index contributed by atoms with van der Waals surface area (Å²) in [4.78, 5) is 12.6. The molecule has 0 aliphatic carbocycles. The van der Waals surface area contributed by atoms with Crippen molar-refractivity contribution in [1.29, 1.82) is 0 Å². The van der Waals surface area contributed by atoms with Crippen LogP contribution in [-0.4, -0.2) is 45.3 Å². The molecule has 1 fully saturated rings. The van der Waals surface area contributed by atoms with Crippen molar-refractivity contribution < 1.29 is 9.90 Å². The summed E-state index contributed by atoms with van der Waals surface area (Å²) in [6, 6.07) is -0.344. The van der Waals surface area contributed by atoms with E-state index in [2.05, 4.69) is 0 Å². The van der Waals surface area contributed by atoms with Crippen molar-refractivity contribution in [2.75, 3.05) is 23.3 Å². The smallest absolute Gasteiger partial charge is 0.320 e. The van der Waals surface area contributed by atoms with Crippen LogP contribution in [-0.2, 0) is 4.79 Å². The van der Waals surface area contributed by atoms with Gasteiger partial charge >= 0.3 is 5.97 Å². The minimum atomic E-state index is -0.724. The molecule has 1 aliphatic heterocycles. The van der Waals surface area contributed by atoms with E-state index >= 15 is 0 Å². The van der Waals surface area contributed by atoms with E-state index in [0.717, 1.165) is 23.3 Å². The molecule has 0 bridgehead atoms. The lowest BCUT2D eigenvalue weighted by molar-refractivity contribution is -0.141. The molecular formula is C7H13NO2S2. The van der Waals surface area contributed by atoms with Crippen molar-refractivity contribution in [3.05, 3.63) is 0 Å². The molecule has 0 radical (unpaired) electrons. The molecule has 0 aromatic heterocycles. The highest BCUT2D eigenvalue weighted by molar-refractivity contribution is 8.03. The molecule has 1 N–H and O–H groups in total. The Morgan fingerprint density at radius 1 is 1.42 bits per heavy atom. The van der Waals surface area contributed by atoms with E-state index < -0.39 is 5.97 Å². The molecule has 3 nitrogen and oxygen atoms in total. The van der Waals surface area contributed by atoms with E-state index in [1.807, 2.05) is 28.4 Å². The zero-order valence-corrected chi connectivity index (χ0v) is 8.66. The molecule has 0 spiro atoms. The first kappa shape index (κ1) is 10.2. The van der Waals surface area contributed by atoms with Gasteiger partial charge in [-0.25, -0.2) is 0 Å². The van der Waals surface area contributed by atoms with E-state index in [9.17, 15) is 4.79 Å². The summed E-state index contributed by atoms with van der Waals surface area (Å²) in [6.45, 7) is 1.74. The molecular weight excluding hydrogens is 194 g/mol. The van der Waals surface area contributed by atoms with Gasteiger partial charge in [-0.2, -0.15) is 0 Å². The van der Waals surface area contributed by atoms with Gasteiger partial charge in [-0.15, -0.1) is 23.5 Å². The summed E-state index contributed by atoms with van der Waals surface area (Å²) in [6.07, 6.45) is 0. The van der Waals surface area contributed by atoms with Gasteiger partial charge in [-0.3, -0.25) is 9.69 Å². The second-order valence-corrected chi connectivity index (χ2v) is 4.83. The topological polar surface area (TPSA) is 40.5 Å². The van der Waals surface area contributed by atoms with E-state index in [0.29, 0.717) is 0 Å². The number of nitrogens with zero attached hydrogens (tertiary/aromatic N) is 1. The Morgan fingerprint density at radius 2 is 1.92 bits per heavy atom. The Morgan fingerprint density at radius 3 is 2.33 bits per heavy atom. The second kappa shape index (κ2) is 4.99. The molecule has 0 aromatic rings. The third kappa shape index (κ3) is 2.88. The first-order valence-corrected chi connectivity index (χ1v) is 6.15. The zero-order chi connectivity index (χ0) is 8.97. The number of carboxylic acid groups (broad SMARTS) is 1. The van der Waals surface area contributed by atoms with Crippen LogP contribution in [0.5, 0.6) is 0 Å². The van der Waals surface area contributed by atoms with Crippen LogP contribution in [0.2, 0.25) is 0 Å². The summed E-state index contributed by atoms with van der Waals surface area (Å²) in [7, 11) is 0. The Balaban J connectivity index is 2.42. The molecule has 1 atom stereocenters. The van der Waals surface area contributed by atoms with Gasteiger partial charge in [0, 0.05) is 23.3 Å². The molecule has 0 amide bonds. The van der Waals surface area contributed by atoms with Crippen LogP contribution in [0.1, 0.15) is 6.92 Å². The maximum Gasteiger partial charge on any atom is 0.320 e. The first-order chi connectivity index (χ1) is 5.72. The molecule has 1 saturated heterocycles. The van der Waals surface area contributed by atoms with Crippen molar-refractivity contribution >= 4 is 29.5 Å². The molecule has 1 heterocycles. The average Bonchev–Trinajstić information content (AvgIpc) is 2.30. The standard InChI is InChI=1S/C7H13NO2S2/c1-6(7(9)10)8-4-11-2-3-12-5-8/h6H,2-5H2,1H3,(H,9,10). The van der Waals surface area contributed by atoms with Crippen molar-refractivity contribution in [2.45, 2.75) is 13.0 Å². The highest BCUT2D eigenvalue weighted by atomic mass is 32.2. The third-order valence-electron chi connectivity index (χ3n) is 1.79. The molecule has 12 heavy (non-hydrogen) atoms. The summed E-state index contributed by atoms with van der Waals surface area (Å²) in [5.74, 6) is 3.24. The van der Waals surface area contributed by atoms with Gasteiger partial charge < -0.3 is 5.11 Å². The fraction of sp³-hybridized carbons (Fsp3) is 0.857. The van der Waals surface area contributed by atoms with Gasteiger partial charge in [0.25, 0.3) is 0 Å². The minimum absolute atomic E-state index is 0.344. The van der Waals surface area contributed by atoms with E-state index in [1.165, 1.54) is 0 Å². The maximum atomic E-state index is 10.7. The lowest BCUT2D eigenvalue weighted by Crippen LogP contribution is -2.37. The van der Waals surface area contributed by atoms with Crippen LogP contribution in [0.3, 0.4) is 0 Å². The molecule has 1 aliphatic rings. The molecule has 0 aromatic carbocycles. The summed E-state index contributed by atoms with van der Waals surface area (Å²) in [5.41, 5.74) is 0. The quantitative estimate of drug-likeness (QED) is 0.735. The third-order valence-corrected chi connectivity index (χ3v) is 4.06. The SMILES string of the molecule is CC(C(=O)O)N1CSCCSC1. The largest absolute Gasteiger partial charge is 0.480 e. The zero-order valence-electron chi connectivity index (χ0n) is 7.02. The first-order valence-electron chi connectivity index (χ1n) is 3.84. The number of hydrogen-bond donors (Lipinski definition) is 1. The maximum absolute atomic E-state index is 10.7. The van der Waals surface area contributed by atoms with E-state index in [1.54, 1.807) is 6.92 Å². The van der Waals surface area contributed by atoms with E-state index in [4.69, 9.17) is 5.11 Å². The predicted molar refractivity (Wildman–Crippen MR) is 53.6 cm³/mol. The van der Waals surface area contributed by atoms with Crippen molar-refractivity contribution in [3.63, 3.8) is 0 Å². The van der Waals surface area contributed by atoms with Crippen LogP contribution < -0.4 is 0 Å². The van der Waals surface area contributed by atoms with Gasteiger partial charge in [0.1, 0.15) is 6.04 Å². The molecule has 70 valence electrons. The average molecular weight is 207 g/mol. The summed E-state index contributed by atoms with van der Waals surface area (Å²) >= 11 is 3.62. The molecule has 5 heteroatoms. The summed E-state index contributed by atoms with van der Waals surface area (Å²) in [5, 5.41) is 8.77. The molecule has 1 rings (SSSR count). The minimum Gasteiger partial charge on any atom is -0.480 e. The number of carbonyl (C=O) groups is 1. The fourth-order valence-electron chi connectivity index (χ4n) is 0.899. The normalized spacial score (nSPS) is 23.1. The number of thioether (sulfide) groups is 2. The number of hydrogen-bond acceptors (Lipinski definition) is 4. The van der Waals surface area contributed by atoms with Crippen LogP contribution in [0, 0.1) is 0 Å². The van der Waals surface area contributed by atoms with Crippen LogP contribution in [0.25, 0.3) is 0 Å². The van der Waals surface area contributed by atoms with Gasteiger partial charge in [0.05, 0.1) is 0 Å². The fourth-order valence-corrected chi connectivity index (χ4v) is 3.31. The number of rotatable bonds is 2. The molecule has 0 saturated carbocycles. The second-order valence-electron chi connectivity index (χ2n) is 2.68. The predicted octanol–water partition coefficient (Wildman–Crippen LogP) is 1.16.